The molecule has 0 saturated carbocycles. The van der Waals surface area contributed by atoms with Crippen molar-refractivity contribution in [3.8, 4) is 11.1 Å². The summed E-state index contributed by atoms with van der Waals surface area (Å²) < 4.78 is 0. The van der Waals surface area contributed by atoms with E-state index < -0.39 is 0 Å². The van der Waals surface area contributed by atoms with Crippen molar-refractivity contribution in [3.63, 3.8) is 0 Å². The molecule has 0 heterocycles. The van der Waals surface area contributed by atoms with E-state index >= 15 is 0 Å². The third kappa shape index (κ3) is 4.50. The molecule has 0 saturated heterocycles. The van der Waals surface area contributed by atoms with Crippen molar-refractivity contribution in [2.75, 3.05) is 0 Å². The predicted octanol–water partition coefficient (Wildman–Crippen LogP) is 2.95. The molecule has 0 aromatic heterocycles. The molecule has 2 aromatic carbocycles. The molecule has 21 heavy (non-hydrogen) atoms. The van der Waals surface area contributed by atoms with Crippen molar-refractivity contribution >= 4 is 0 Å². The summed E-state index contributed by atoms with van der Waals surface area (Å²) in [6.45, 7) is 13.5. The van der Waals surface area contributed by atoms with Crippen LogP contribution < -0.4 is 18.9 Å². The minimum Gasteiger partial charge on any atom is -0.0579 e. The molecule has 0 fully saturated rings. The number of benzene rings is 2. The Morgan fingerprint density at radius 2 is 0.714 bits per heavy atom. The van der Waals surface area contributed by atoms with E-state index in [0.29, 0.717) is 0 Å². The van der Waals surface area contributed by atoms with Crippen LogP contribution >= 0.6 is 0 Å². The molecular formula is C20H26Li+. The van der Waals surface area contributed by atoms with Gasteiger partial charge in [-0.3, -0.25) is 0 Å². The summed E-state index contributed by atoms with van der Waals surface area (Å²) >= 11 is 0. The molecule has 0 unspecified atom stereocenters. The first-order chi connectivity index (χ1) is 9.18. The van der Waals surface area contributed by atoms with E-state index in [1.54, 1.807) is 0 Å². The first-order valence-electron chi connectivity index (χ1n) is 7.39. The van der Waals surface area contributed by atoms with Crippen LogP contribution in [-0.4, -0.2) is 0 Å². The van der Waals surface area contributed by atoms with Crippen molar-refractivity contribution in [1.29, 1.82) is 0 Å². The van der Waals surface area contributed by atoms with Crippen molar-refractivity contribution in [2.24, 2.45) is 0 Å². The Bertz CT molecular complexity index is 508. The van der Waals surface area contributed by atoms with Gasteiger partial charge < -0.3 is 0 Å². The first-order valence-corrected chi connectivity index (χ1v) is 7.39. The summed E-state index contributed by atoms with van der Waals surface area (Å²) in [7, 11) is 0. The molecule has 2 aromatic rings. The normalized spacial score (nSPS) is 11.9. The summed E-state index contributed by atoms with van der Waals surface area (Å²) in [4.78, 5) is 0. The molecule has 1 heteroatoms. The molecule has 0 atom stereocenters. The molecule has 0 aliphatic heterocycles. The maximum atomic E-state index is 2.25. The third-order valence-electron chi connectivity index (χ3n) is 3.84. The van der Waals surface area contributed by atoms with Crippen molar-refractivity contribution < 1.29 is 18.9 Å². The number of hydrogen-bond acceptors (Lipinski definition) is 0. The van der Waals surface area contributed by atoms with Crippen LogP contribution in [0.25, 0.3) is 11.1 Å². The van der Waals surface area contributed by atoms with Gasteiger partial charge in [-0.25, -0.2) is 0 Å². The van der Waals surface area contributed by atoms with E-state index in [4.69, 9.17) is 0 Å². The predicted molar refractivity (Wildman–Crippen MR) is 89.3 cm³/mol. The van der Waals surface area contributed by atoms with E-state index in [0.717, 1.165) is 0 Å². The monoisotopic (exact) mass is 273 g/mol. The second-order valence-electron chi connectivity index (χ2n) is 7.65. The minimum absolute atomic E-state index is 0. The summed E-state index contributed by atoms with van der Waals surface area (Å²) in [6.07, 6.45) is 0. The van der Waals surface area contributed by atoms with Gasteiger partial charge in [-0.05, 0) is 33.1 Å². The fourth-order valence-electron chi connectivity index (χ4n) is 2.33. The molecule has 0 radical (unpaired) electrons. The van der Waals surface area contributed by atoms with Gasteiger partial charge in [0, 0.05) is 0 Å². The van der Waals surface area contributed by atoms with Gasteiger partial charge in [0.15, 0.2) is 0 Å². The van der Waals surface area contributed by atoms with Crippen molar-refractivity contribution in [2.45, 2.75) is 52.4 Å². The van der Waals surface area contributed by atoms with Gasteiger partial charge in [-0.1, -0.05) is 90.1 Å². The van der Waals surface area contributed by atoms with Gasteiger partial charge in [0.25, 0.3) is 0 Å². The van der Waals surface area contributed by atoms with Crippen LogP contribution in [0.1, 0.15) is 52.7 Å². The Labute approximate surface area is 142 Å². The van der Waals surface area contributed by atoms with Crippen LogP contribution in [0.3, 0.4) is 0 Å². The Kier molecular flexibility index (Phi) is 5.54. The smallest absolute Gasteiger partial charge is 0.0579 e. The molecule has 106 valence electrons. The number of rotatable bonds is 1. The minimum atomic E-state index is 0. The van der Waals surface area contributed by atoms with E-state index in [-0.39, 0.29) is 29.7 Å². The molecule has 0 aliphatic rings. The van der Waals surface area contributed by atoms with E-state index in [9.17, 15) is 0 Å². The largest absolute Gasteiger partial charge is 1.00 e. The Morgan fingerprint density at radius 1 is 0.476 bits per heavy atom. The van der Waals surface area contributed by atoms with Gasteiger partial charge >= 0.3 is 18.9 Å². The van der Waals surface area contributed by atoms with Gasteiger partial charge in [0.05, 0.1) is 0 Å². The zero-order valence-electron chi connectivity index (χ0n) is 14.6. The zero-order valence-corrected chi connectivity index (χ0v) is 14.6. The second-order valence-corrected chi connectivity index (χ2v) is 7.65. The average Bonchev–Trinajstić information content (AvgIpc) is 2.37. The summed E-state index contributed by atoms with van der Waals surface area (Å²) in [6, 6.07) is 17.9. The van der Waals surface area contributed by atoms with Crippen LogP contribution in [0.5, 0.6) is 0 Å². The third-order valence-corrected chi connectivity index (χ3v) is 3.84. The zero-order chi connectivity index (χ0) is 15.0. The maximum Gasteiger partial charge on any atom is 1.00 e. The van der Waals surface area contributed by atoms with Gasteiger partial charge in [-0.2, -0.15) is 0 Å². The SMILES string of the molecule is CC(C)(C)c1ccc(-c2ccc(C(C)(C)C)cc2)cc1.[Li+]. The average molecular weight is 273 g/mol. The summed E-state index contributed by atoms with van der Waals surface area (Å²) in [5.41, 5.74) is 5.78. The standard InChI is InChI=1S/C20H26.Li/c1-19(2,3)17-11-7-15(8-12-17)16-9-13-18(14-10-16)20(4,5)6;/h7-14H,1-6H3;/q;+1. The van der Waals surface area contributed by atoms with Crippen LogP contribution in [0, 0.1) is 0 Å². The number of hydrogen-bond donors (Lipinski definition) is 0. The van der Waals surface area contributed by atoms with Gasteiger partial charge in [0.2, 0.25) is 0 Å². The fourth-order valence-corrected chi connectivity index (χ4v) is 2.33. The molecular weight excluding hydrogens is 247 g/mol. The first kappa shape index (κ1) is 18.1. The van der Waals surface area contributed by atoms with Crippen LogP contribution in [0.15, 0.2) is 48.5 Å². The van der Waals surface area contributed by atoms with Crippen LogP contribution in [0.2, 0.25) is 0 Å². The van der Waals surface area contributed by atoms with E-state index in [1.165, 1.54) is 22.3 Å². The topological polar surface area (TPSA) is 0 Å². The van der Waals surface area contributed by atoms with Crippen molar-refractivity contribution in [3.05, 3.63) is 59.7 Å². The second kappa shape index (κ2) is 6.43. The van der Waals surface area contributed by atoms with Gasteiger partial charge in [0.1, 0.15) is 0 Å². The van der Waals surface area contributed by atoms with Crippen LogP contribution in [0.4, 0.5) is 0 Å². The molecule has 0 bridgehead atoms. The fraction of sp³-hybridized carbons (Fsp3) is 0.400. The summed E-state index contributed by atoms with van der Waals surface area (Å²) in [5.74, 6) is 0. The van der Waals surface area contributed by atoms with Gasteiger partial charge in [-0.15, -0.1) is 0 Å². The molecule has 0 spiro atoms. The Hall–Kier alpha value is -0.963. The quantitative estimate of drug-likeness (QED) is 0.701. The van der Waals surface area contributed by atoms with E-state index in [1.807, 2.05) is 0 Å². The van der Waals surface area contributed by atoms with E-state index in [2.05, 4.69) is 90.1 Å². The molecule has 0 N–H and O–H groups in total. The maximum absolute atomic E-state index is 2.25. The Morgan fingerprint density at radius 3 is 0.905 bits per heavy atom. The molecule has 0 amide bonds. The molecule has 0 aliphatic carbocycles. The van der Waals surface area contributed by atoms with Crippen molar-refractivity contribution in [1.82, 2.24) is 0 Å². The summed E-state index contributed by atoms with van der Waals surface area (Å²) in [5, 5.41) is 0. The van der Waals surface area contributed by atoms with Crippen LogP contribution in [-0.2, 0) is 10.8 Å². The molecule has 2 rings (SSSR count). The Balaban J connectivity index is 0.00000220. The molecule has 0 nitrogen and oxygen atoms in total.